The quantitative estimate of drug-likeness (QED) is 0.714. The predicted octanol–water partition coefficient (Wildman–Crippen LogP) is 1.11. The van der Waals surface area contributed by atoms with Crippen molar-refractivity contribution in [3.63, 3.8) is 0 Å². The Balaban J connectivity index is 2.16. The van der Waals surface area contributed by atoms with Crippen LogP contribution in [-0.4, -0.2) is 50.3 Å². The first kappa shape index (κ1) is 21.2. The Labute approximate surface area is 160 Å². The van der Waals surface area contributed by atoms with Gasteiger partial charge in [-0.3, -0.25) is 9.59 Å². The highest BCUT2D eigenvalue weighted by atomic mass is 32.2. The van der Waals surface area contributed by atoms with Crippen molar-refractivity contribution in [3.05, 3.63) is 23.8 Å². The van der Waals surface area contributed by atoms with Crippen LogP contribution in [0.2, 0.25) is 0 Å². The number of hydrogen-bond donors (Lipinski definition) is 2. The highest BCUT2D eigenvalue weighted by Crippen LogP contribution is 2.27. The molecule has 0 radical (unpaired) electrons. The summed E-state index contributed by atoms with van der Waals surface area (Å²) in [6.45, 7) is 6.36. The first-order valence-electron chi connectivity index (χ1n) is 9.04. The van der Waals surface area contributed by atoms with Gasteiger partial charge in [-0.25, -0.2) is 8.42 Å². The smallest absolute Gasteiger partial charge is 0.252 e. The summed E-state index contributed by atoms with van der Waals surface area (Å²) in [5.74, 6) is -0.730. The van der Waals surface area contributed by atoms with Crippen LogP contribution < -0.4 is 15.8 Å². The lowest BCUT2D eigenvalue weighted by atomic mass is 9.97. The fourth-order valence-electron chi connectivity index (χ4n) is 3.05. The third-order valence-corrected chi connectivity index (χ3v) is 6.30. The van der Waals surface area contributed by atoms with Crippen molar-refractivity contribution >= 4 is 21.8 Å². The van der Waals surface area contributed by atoms with E-state index in [2.05, 4.69) is 5.32 Å². The molecule has 1 saturated heterocycles. The second-order valence-electron chi connectivity index (χ2n) is 6.80. The van der Waals surface area contributed by atoms with Crippen molar-refractivity contribution in [2.24, 2.45) is 11.7 Å². The van der Waals surface area contributed by atoms with E-state index in [4.69, 9.17) is 10.5 Å². The maximum atomic E-state index is 12.9. The van der Waals surface area contributed by atoms with Crippen LogP contribution in [0, 0.1) is 5.92 Å². The van der Waals surface area contributed by atoms with Gasteiger partial charge in [0.25, 0.3) is 5.91 Å². The Morgan fingerprint density at radius 2 is 1.93 bits per heavy atom. The molecule has 9 heteroatoms. The highest BCUT2D eigenvalue weighted by molar-refractivity contribution is 7.89. The lowest BCUT2D eigenvalue weighted by Crippen LogP contribution is -2.44. The summed E-state index contributed by atoms with van der Waals surface area (Å²) in [5, 5.41) is 2.86. The molecule has 1 aliphatic rings. The molecule has 150 valence electrons. The van der Waals surface area contributed by atoms with Gasteiger partial charge in [0.1, 0.15) is 5.75 Å². The molecule has 1 fully saturated rings. The Hall–Kier alpha value is -2.13. The summed E-state index contributed by atoms with van der Waals surface area (Å²) in [5.41, 5.74) is 5.39. The normalized spacial score (nSPS) is 16.3. The monoisotopic (exact) mass is 397 g/mol. The van der Waals surface area contributed by atoms with Gasteiger partial charge in [0.05, 0.1) is 17.1 Å². The summed E-state index contributed by atoms with van der Waals surface area (Å²) in [7, 11) is -3.78. The molecular formula is C18H27N3O5S. The van der Waals surface area contributed by atoms with E-state index in [0.717, 1.165) is 0 Å². The topological polar surface area (TPSA) is 119 Å². The average molecular weight is 397 g/mol. The van der Waals surface area contributed by atoms with Crippen LogP contribution in [0.1, 0.15) is 44.0 Å². The van der Waals surface area contributed by atoms with E-state index in [0.29, 0.717) is 19.4 Å². The number of carbonyl (C=O) groups excluding carboxylic acids is 2. The van der Waals surface area contributed by atoms with Crippen molar-refractivity contribution in [3.8, 4) is 5.75 Å². The van der Waals surface area contributed by atoms with Crippen LogP contribution >= 0.6 is 0 Å². The number of rotatable bonds is 7. The molecule has 0 saturated carbocycles. The van der Waals surface area contributed by atoms with Crippen molar-refractivity contribution in [1.29, 1.82) is 0 Å². The number of nitrogens with two attached hydrogens (primary N) is 1. The van der Waals surface area contributed by atoms with Gasteiger partial charge in [-0.15, -0.1) is 0 Å². The first-order chi connectivity index (χ1) is 12.7. The fourth-order valence-corrected chi connectivity index (χ4v) is 4.55. The number of nitrogens with zero attached hydrogens (tertiary/aromatic N) is 1. The number of sulfonamides is 1. The molecule has 1 aliphatic heterocycles. The van der Waals surface area contributed by atoms with E-state index in [1.165, 1.54) is 22.5 Å². The molecule has 1 heterocycles. The van der Waals surface area contributed by atoms with Crippen molar-refractivity contribution in [2.75, 3.05) is 19.7 Å². The van der Waals surface area contributed by atoms with E-state index in [-0.39, 0.29) is 47.2 Å². The predicted molar refractivity (Wildman–Crippen MR) is 101 cm³/mol. The number of primary amides is 1. The molecule has 2 amide bonds. The summed E-state index contributed by atoms with van der Waals surface area (Å²) in [6, 6.07) is 4.15. The summed E-state index contributed by atoms with van der Waals surface area (Å²) < 4.78 is 32.5. The van der Waals surface area contributed by atoms with E-state index in [1.54, 1.807) is 6.92 Å². The van der Waals surface area contributed by atoms with Crippen LogP contribution in [0.25, 0.3) is 0 Å². The van der Waals surface area contributed by atoms with Gasteiger partial charge < -0.3 is 15.8 Å². The van der Waals surface area contributed by atoms with Crippen LogP contribution in [0.5, 0.6) is 5.75 Å². The van der Waals surface area contributed by atoms with Crippen molar-refractivity contribution in [2.45, 2.75) is 44.6 Å². The second kappa shape index (κ2) is 8.71. The zero-order valence-corrected chi connectivity index (χ0v) is 16.7. The molecule has 0 aliphatic carbocycles. The third-order valence-electron chi connectivity index (χ3n) is 4.41. The van der Waals surface area contributed by atoms with E-state index in [1.807, 2.05) is 13.8 Å². The first-order valence-corrected chi connectivity index (χ1v) is 10.5. The number of benzene rings is 1. The van der Waals surface area contributed by atoms with Gasteiger partial charge in [-0.1, -0.05) is 0 Å². The SMILES string of the molecule is CCOc1ccc(S(=O)(=O)N2CCC(C(=O)NC(C)C)CC2)cc1C(N)=O. The second-order valence-corrected chi connectivity index (χ2v) is 8.73. The molecule has 0 aromatic heterocycles. The maximum absolute atomic E-state index is 12.9. The summed E-state index contributed by atoms with van der Waals surface area (Å²) in [6.07, 6.45) is 0.912. The molecule has 0 atom stereocenters. The van der Waals surface area contributed by atoms with Gasteiger partial charge in [-0.2, -0.15) is 4.31 Å². The Morgan fingerprint density at radius 3 is 2.44 bits per heavy atom. The van der Waals surface area contributed by atoms with E-state index in [9.17, 15) is 18.0 Å². The van der Waals surface area contributed by atoms with E-state index >= 15 is 0 Å². The molecule has 27 heavy (non-hydrogen) atoms. The Bertz CT molecular complexity index is 799. The molecule has 2 rings (SSSR count). The zero-order chi connectivity index (χ0) is 20.2. The molecule has 0 unspecified atom stereocenters. The molecule has 1 aromatic rings. The van der Waals surface area contributed by atoms with Crippen LogP contribution in [0.4, 0.5) is 0 Å². The number of amides is 2. The molecule has 0 bridgehead atoms. The van der Waals surface area contributed by atoms with Crippen LogP contribution in [-0.2, 0) is 14.8 Å². The minimum Gasteiger partial charge on any atom is -0.493 e. The molecule has 1 aromatic carbocycles. The van der Waals surface area contributed by atoms with Crippen molar-refractivity contribution < 1.29 is 22.7 Å². The largest absolute Gasteiger partial charge is 0.493 e. The average Bonchev–Trinajstić information content (AvgIpc) is 2.61. The minimum absolute atomic E-state index is 0.00941. The number of piperidine rings is 1. The lowest BCUT2D eigenvalue weighted by molar-refractivity contribution is -0.126. The summed E-state index contributed by atoms with van der Waals surface area (Å²) >= 11 is 0. The molecular weight excluding hydrogens is 370 g/mol. The summed E-state index contributed by atoms with van der Waals surface area (Å²) in [4.78, 5) is 23.7. The number of carbonyl (C=O) groups is 2. The standard InChI is InChI=1S/C18H27N3O5S/c1-4-26-16-6-5-14(11-15(16)17(19)22)27(24,25)21-9-7-13(8-10-21)18(23)20-12(2)3/h5-6,11-13H,4,7-10H2,1-3H3,(H2,19,22)(H,20,23). The number of hydrogen-bond acceptors (Lipinski definition) is 5. The van der Waals surface area contributed by atoms with Gasteiger partial charge in [0.2, 0.25) is 15.9 Å². The molecule has 3 N–H and O–H groups in total. The number of nitrogens with one attached hydrogen (secondary N) is 1. The van der Waals surface area contributed by atoms with E-state index < -0.39 is 15.9 Å². The van der Waals surface area contributed by atoms with Crippen LogP contribution in [0.15, 0.2) is 23.1 Å². The Kier molecular flexibility index (Phi) is 6.83. The van der Waals surface area contributed by atoms with Crippen molar-refractivity contribution in [1.82, 2.24) is 9.62 Å². The molecule has 0 spiro atoms. The zero-order valence-electron chi connectivity index (χ0n) is 15.9. The van der Waals surface area contributed by atoms with Crippen LogP contribution in [0.3, 0.4) is 0 Å². The van der Waals surface area contributed by atoms with Gasteiger partial charge in [0, 0.05) is 25.0 Å². The fraction of sp³-hybridized carbons (Fsp3) is 0.556. The highest BCUT2D eigenvalue weighted by Gasteiger charge is 2.32. The van der Waals surface area contributed by atoms with Gasteiger partial charge in [-0.05, 0) is 51.8 Å². The lowest BCUT2D eigenvalue weighted by Gasteiger charge is -2.31. The minimum atomic E-state index is -3.78. The maximum Gasteiger partial charge on any atom is 0.252 e. The Morgan fingerprint density at radius 1 is 1.30 bits per heavy atom. The molecule has 8 nitrogen and oxygen atoms in total. The van der Waals surface area contributed by atoms with Gasteiger partial charge >= 0.3 is 0 Å². The number of ether oxygens (including phenoxy) is 1. The van der Waals surface area contributed by atoms with Gasteiger partial charge in [0.15, 0.2) is 0 Å². The third kappa shape index (κ3) is 4.98.